The van der Waals surface area contributed by atoms with E-state index in [9.17, 15) is 4.39 Å². The average molecular weight is 368 g/mol. The Morgan fingerprint density at radius 1 is 1.24 bits per heavy atom. The van der Waals surface area contributed by atoms with Crippen molar-refractivity contribution in [2.24, 2.45) is 5.73 Å². The van der Waals surface area contributed by atoms with Crippen molar-refractivity contribution in [3.8, 4) is 5.75 Å². The van der Waals surface area contributed by atoms with Gasteiger partial charge in [-0.15, -0.1) is 0 Å². The Morgan fingerprint density at radius 2 is 1.86 bits per heavy atom. The summed E-state index contributed by atoms with van der Waals surface area (Å²) in [5.74, 6) is 0.447. The molecule has 0 bridgehead atoms. The van der Waals surface area contributed by atoms with Crippen molar-refractivity contribution < 1.29 is 9.13 Å². The van der Waals surface area contributed by atoms with E-state index in [1.54, 1.807) is 12.1 Å². The highest BCUT2D eigenvalue weighted by molar-refractivity contribution is 9.10. The number of nitrogens with two attached hydrogens (primary N) is 1. The Morgan fingerprint density at radius 3 is 2.43 bits per heavy atom. The lowest BCUT2D eigenvalue weighted by molar-refractivity contribution is 0.295. The van der Waals surface area contributed by atoms with Gasteiger partial charge in [0.15, 0.2) is 0 Å². The summed E-state index contributed by atoms with van der Waals surface area (Å²) in [6, 6.07) is 8.54. The van der Waals surface area contributed by atoms with Crippen LogP contribution in [0.25, 0.3) is 0 Å². The van der Waals surface area contributed by atoms with Crippen molar-refractivity contribution in [1.82, 2.24) is 0 Å². The summed E-state index contributed by atoms with van der Waals surface area (Å²) in [7, 11) is 0. The Bertz CT molecular complexity index is 680. The monoisotopic (exact) mass is 367 g/mol. The first-order chi connectivity index (χ1) is 9.88. The largest absolute Gasteiger partial charge is 0.488 e. The van der Waals surface area contributed by atoms with Crippen molar-refractivity contribution in [2.75, 3.05) is 0 Å². The summed E-state index contributed by atoms with van der Waals surface area (Å²) < 4.78 is 20.3. The fourth-order valence-electron chi connectivity index (χ4n) is 2.12. The molecule has 2 aromatic carbocycles. The van der Waals surface area contributed by atoms with E-state index in [1.165, 1.54) is 6.07 Å². The van der Waals surface area contributed by atoms with Gasteiger partial charge in [0, 0.05) is 15.6 Å². The molecule has 0 unspecified atom stereocenters. The van der Waals surface area contributed by atoms with Gasteiger partial charge in [0.1, 0.15) is 23.2 Å². The Kier molecular flexibility index (Phi) is 4.96. The van der Waals surface area contributed by atoms with Crippen LogP contribution in [0.3, 0.4) is 0 Å². The molecule has 21 heavy (non-hydrogen) atoms. The third-order valence-electron chi connectivity index (χ3n) is 3.12. The van der Waals surface area contributed by atoms with Gasteiger partial charge >= 0.3 is 0 Å². The van der Waals surface area contributed by atoms with Crippen molar-refractivity contribution in [3.63, 3.8) is 0 Å². The first-order valence-electron chi connectivity index (χ1n) is 6.36. The Balaban J connectivity index is 2.24. The number of aryl methyl sites for hydroxylation is 2. The number of benzene rings is 2. The maximum Gasteiger partial charge on any atom is 0.129 e. The smallest absolute Gasteiger partial charge is 0.129 e. The standard InChI is InChI=1S/C16H15BrFNOS/c1-9-5-11(16(19)21)6-10(2)15(9)20-8-12-7-13(17)3-4-14(12)18/h3-7H,8H2,1-2H3,(H2,19,21). The minimum Gasteiger partial charge on any atom is -0.488 e. The van der Waals surface area contributed by atoms with E-state index in [0.29, 0.717) is 10.6 Å². The predicted octanol–water partition coefficient (Wildman–Crippen LogP) is 4.42. The summed E-state index contributed by atoms with van der Waals surface area (Å²) in [4.78, 5) is 0.353. The molecule has 0 aliphatic heterocycles. The molecule has 2 rings (SSSR count). The average Bonchev–Trinajstić information content (AvgIpc) is 2.41. The highest BCUT2D eigenvalue weighted by Crippen LogP contribution is 2.26. The number of ether oxygens (including phenoxy) is 1. The van der Waals surface area contributed by atoms with Gasteiger partial charge in [-0.1, -0.05) is 28.1 Å². The van der Waals surface area contributed by atoms with Crippen LogP contribution in [0.1, 0.15) is 22.3 Å². The molecule has 2 N–H and O–H groups in total. The highest BCUT2D eigenvalue weighted by atomic mass is 79.9. The van der Waals surface area contributed by atoms with Crippen molar-refractivity contribution in [3.05, 3.63) is 62.9 Å². The normalized spacial score (nSPS) is 10.5. The van der Waals surface area contributed by atoms with Crippen LogP contribution in [0.2, 0.25) is 0 Å². The molecule has 0 heterocycles. The Labute approximate surface area is 137 Å². The van der Waals surface area contributed by atoms with Crippen LogP contribution in [-0.2, 0) is 6.61 Å². The number of hydrogen-bond donors (Lipinski definition) is 1. The molecule has 0 saturated heterocycles. The molecular formula is C16H15BrFNOS. The topological polar surface area (TPSA) is 35.2 Å². The van der Waals surface area contributed by atoms with Crippen LogP contribution in [-0.4, -0.2) is 4.99 Å². The number of thiocarbonyl (C=S) groups is 1. The number of rotatable bonds is 4. The van der Waals surface area contributed by atoms with Gasteiger partial charge in [-0.05, 0) is 55.3 Å². The molecule has 5 heteroatoms. The first kappa shape index (κ1) is 15.9. The van der Waals surface area contributed by atoms with Crippen LogP contribution < -0.4 is 10.5 Å². The predicted molar refractivity (Wildman–Crippen MR) is 90.2 cm³/mol. The molecule has 0 aliphatic rings. The molecular weight excluding hydrogens is 353 g/mol. The van der Waals surface area contributed by atoms with E-state index >= 15 is 0 Å². The first-order valence-corrected chi connectivity index (χ1v) is 7.56. The summed E-state index contributed by atoms with van der Waals surface area (Å²) >= 11 is 8.31. The van der Waals surface area contributed by atoms with Crippen molar-refractivity contribution >= 4 is 33.1 Å². The van der Waals surface area contributed by atoms with Gasteiger partial charge < -0.3 is 10.5 Å². The second-order valence-corrected chi connectivity index (χ2v) is 6.18. The lowest BCUT2D eigenvalue weighted by atomic mass is 10.1. The van der Waals surface area contributed by atoms with Gasteiger partial charge in [0.2, 0.25) is 0 Å². The molecule has 0 amide bonds. The van der Waals surface area contributed by atoms with Crippen molar-refractivity contribution in [1.29, 1.82) is 0 Å². The summed E-state index contributed by atoms with van der Waals surface area (Å²) in [6.07, 6.45) is 0. The fraction of sp³-hybridized carbons (Fsp3) is 0.188. The molecule has 0 aromatic heterocycles. The second kappa shape index (κ2) is 6.54. The summed E-state index contributed by atoms with van der Waals surface area (Å²) in [5, 5.41) is 0. The maximum atomic E-state index is 13.7. The third-order valence-corrected chi connectivity index (χ3v) is 3.85. The number of hydrogen-bond acceptors (Lipinski definition) is 2. The molecule has 0 fully saturated rings. The summed E-state index contributed by atoms with van der Waals surface area (Å²) in [6.45, 7) is 4.00. The van der Waals surface area contributed by atoms with E-state index in [1.807, 2.05) is 26.0 Å². The van der Waals surface area contributed by atoms with Gasteiger partial charge in [0.05, 0.1) is 0 Å². The Hall–Kier alpha value is -1.46. The molecule has 2 nitrogen and oxygen atoms in total. The molecule has 0 radical (unpaired) electrons. The van der Waals surface area contributed by atoms with Gasteiger partial charge in [-0.25, -0.2) is 4.39 Å². The maximum absolute atomic E-state index is 13.7. The van der Waals surface area contributed by atoms with Crippen LogP contribution in [0.4, 0.5) is 4.39 Å². The molecule has 2 aromatic rings. The van der Waals surface area contributed by atoms with Crippen LogP contribution in [0, 0.1) is 19.7 Å². The second-order valence-electron chi connectivity index (χ2n) is 4.83. The van der Waals surface area contributed by atoms with Crippen LogP contribution in [0.5, 0.6) is 5.75 Å². The zero-order chi connectivity index (χ0) is 15.6. The fourth-order valence-corrected chi connectivity index (χ4v) is 2.65. The van der Waals surface area contributed by atoms with E-state index in [4.69, 9.17) is 22.7 Å². The van der Waals surface area contributed by atoms with Crippen LogP contribution in [0.15, 0.2) is 34.8 Å². The lowest BCUT2D eigenvalue weighted by Gasteiger charge is -2.14. The molecule has 0 aliphatic carbocycles. The molecule has 110 valence electrons. The zero-order valence-corrected chi connectivity index (χ0v) is 14.1. The SMILES string of the molecule is Cc1cc(C(N)=S)cc(C)c1OCc1cc(Br)ccc1F. The lowest BCUT2D eigenvalue weighted by Crippen LogP contribution is -2.10. The third kappa shape index (κ3) is 3.80. The van der Waals surface area contributed by atoms with Gasteiger partial charge in [-0.3, -0.25) is 0 Å². The molecule has 0 spiro atoms. The van der Waals surface area contributed by atoms with Crippen LogP contribution >= 0.6 is 28.1 Å². The van der Waals surface area contributed by atoms with E-state index in [0.717, 1.165) is 26.9 Å². The van der Waals surface area contributed by atoms with Gasteiger partial charge in [-0.2, -0.15) is 0 Å². The minimum atomic E-state index is -0.284. The molecule has 0 saturated carbocycles. The summed E-state index contributed by atoms with van der Waals surface area (Å²) in [5.41, 5.74) is 8.80. The number of halogens is 2. The van der Waals surface area contributed by atoms with Crippen molar-refractivity contribution in [2.45, 2.75) is 20.5 Å². The van der Waals surface area contributed by atoms with E-state index in [2.05, 4.69) is 15.9 Å². The van der Waals surface area contributed by atoms with E-state index < -0.39 is 0 Å². The quantitative estimate of drug-likeness (QED) is 0.812. The minimum absolute atomic E-state index is 0.166. The van der Waals surface area contributed by atoms with E-state index in [-0.39, 0.29) is 12.4 Å². The molecule has 0 atom stereocenters. The zero-order valence-electron chi connectivity index (χ0n) is 11.7. The van der Waals surface area contributed by atoms with Gasteiger partial charge in [0.25, 0.3) is 0 Å². The highest BCUT2D eigenvalue weighted by Gasteiger charge is 2.10.